The summed E-state index contributed by atoms with van der Waals surface area (Å²) in [6.45, 7) is 0.408. The summed E-state index contributed by atoms with van der Waals surface area (Å²) in [4.78, 5) is 0. The molecule has 0 unspecified atom stereocenters. The highest BCUT2D eigenvalue weighted by atomic mass is 35.5. The zero-order chi connectivity index (χ0) is 17.5. The van der Waals surface area contributed by atoms with Gasteiger partial charge in [-0.2, -0.15) is 0 Å². The van der Waals surface area contributed by atoms with Crippen LogP contribution in [0.4, 0.5) is 0 Å². The van der Waals surface area contributed by atoms with E-state index in [0.29, 0.717) is 28.9 Å². The Kier molecular flexibility index (Phi) is 5.94. The molecule has 0 fully saturated rings. The predicted molar refractivity (Wildman–Crippen MR) is 102 cm³/mol. The van der Waals surface area contributed by atoms with E-state index in [1.807, 2.05) is 54.6 Å². The fourth-order valence-electron chi connectivity index (χ4n) is 2.48. The molecule has 3 nitrogen and oxygen atoms in total. The molecule has 3 rings (SSSR count). The summed E-state index contributed by atoms with van der Waals surface area (Å²) in [5, 5.41) is 0.626. The van der Waals surface area contributed by atoms with E-state index < -0.39 is 0 Å². The molecule has 2 N–H and O–H groups in total. The lowest BCUT2D eigenvalue weighted by atomic mass is 10.1. The van der Waals surface area contributed by atoms with Crippen LogP contribution in [0.15, 0.2) is 78.9 Å². The van der Waals surface area contributed by atoms with Gasteiger partial charge >= 0.3 is 0 Å². The molecular formula is C21H20ClNO2. The van der Waals surface area contributed by atoms with E-state index in [2.05, 4.69) is 12.1 Å². The maximum absolute atomic E-state index is 6.19. The van der Waals surface area contributed by atoms with Gasteiger partial charge in [-0.05, 0) is 42.3 Å². The van der Waals surface area contributed by atoms with Crippen LogP contribution in [0.2, 0.25) is 5.02 Å². The standard InChI is InChI=1S/C21H20ClNO2/c22-17-9-6-10-19(14-17)25-21-12-5-4-11-20(21)24-15-18(23)13-16-7-2-1-3-8-16/h1-12,14,18H,13,15,23H2/t18-/m0/s1. The number of ether oxygens (including phenoxy) is 2. The van der Waals surface area contributed by atoms with E-state index in [4.69, 9.17) is 26.8 Å². The third-order valence-electron chi connectivity index (χ3n) is 3.67. The Labute approximate surface area is 153 Å². The first-order chi connectivity index (χ1) is 12.2. The van der Waals surface area contributed by atoms with Gasteiger partial charge in [0.1, 0.15) is 12.4 Å². The highest BCUT2D eigenvalue weighted by molar-refractivity contribution is 6.30. The summed E-state index contributed by atoms with van der Waals surface area (Å²) < 4.78 is 11.8. The summed E-state index contributed by atoms with van der Waals surface area (Å²) in [6.07, 6.45) is 0.762. The Hall–Kier alpha value is -2.49. The van der Waals surface area contributed by atoms with Crippen LogP contribution >= 0.6 is 11.6 Å². The Morgan fingerprint density at radius 1 is 0.840 bits per heavy atom. The van der Waals surface area contributed by atoms with Crippen LogP contribution in [0.25, 0.3) is 0 Å². The molecule has 3 aromatic rings. The fraction of sp³-hybridized carbons (Fsp3) is 0.143. The summed E-state index contributed by atoms with van der Waals surface area (Å²) >= 11 is 6.00. The molecule has 0 heterocycles. The van der Waals surface area contributed by atoms with Crippen LogP contribution in [0.3, 0.4) is 0 Å². The molecule has 25 heavy (non-hydrogen) atoms. The summed E-state index contributed by atoms with van der Waals surface area (Å²) in [5.41, 5.74) is 7.39. The van der Waals surface area contributed by atoms with Crippen LogP contribution in [0.5, 0.6) is 17.2 Å². The van der Waals surface area contributed by atoms with Gasteiger partial charge in [-0.1, -0.05) is 60.1 Å². The lowest BCUT2D eigenvalue weighted by molar-refractivity contribution is 0.276. The Balaban J connectivity index is 1.63. The molecule has 3 aromatic carbocycles. The molecule has 0 aliphatic rings. The molecule has 0 bridgehead atoms. The summed E-state index contributed by atoms with van der Waals surface area (Å²) in [6, 6.07) is 24.9. The highest BCUT2D eigenvalue weighted by Gasteiger charge is 2.09. The predicted octanol–water partition coefficient (Wildman–Crippen LogP) is 5.08. The highest BCUT2D eigenvalue weighted by Crippen LogP contribution is 2.32. The first-order valence-corrected chi connectivity index (χ1v) is 8.53. The van der Waals surface area contributed by atoms with Crippen LogP contribution in [0.1, 0.15) is 5.56 Å². The number of benzene rings is 3. The fourth-order valence-corrected chi connectivity index (χ4v) is 2.66. The average molecular weight is 354 g/mol. The van der Waals surface area contributed by atoms with Crippen molar-refractivity contribution in [2.24, 2.45) is 5.73 Å². The van der Waals surface area contributed by atoms with E-state index in [0.717, 1.165) is 6.42 Å². The van der Waals surface area contributed by atoms with Crippen molar-refractivity contribution in [1.82, 2.24) is 0 Å². The number of halogens is 1. The van der Waals surface area contributed by atoms with Crippen LogP contribution in [0, 0.1) is 0 Å². The van der Waals surface area contributed by atoms with Gasteiger partial charge in [-0.3, -0.25) is 0 Å². The zero-order valence-corrected chi connectivity index (χ0v) is 14.5. The second kappa shape index (κ2) is 8.56. The molecule has 1 atom stereocenters. The van der Waals surface area contributed by atoms with Gasteiger partial charge in [0.05, 0.1) is 0 Å². The van der Waals surface area contributed by atoms with Crippen molar-refractivity contribution in [1.29, 1.82) is 0 Å². The van der Waals surface area contributed by atoms with Gasteiger partial charge in [0.25, 0.3) is 0 Å². The van der Waals surface area contributed by atoms with Gasteiger partial charge in [0, 0.05) is 11.1 Å². The minimum atomic E-state index is -0.0957. The second-order valence-electron chi connectivity index (χ2n) is 5.77. The van der Waals surface area contributed by atoms with Crippen molar-refractivity contribution in [3.05, 3.63) is 89.4 Å². The van der Waals surface area contributed by atoms with Gasteiger partial charge in [-0.15, -0.1) is 0 Å². The molecule has 0 amide bonds. The molecule has 0 aliphatic heterocycles. The Morgan fingerprint density at radius 3 is 2.32 bits per heavy atom. The van der Waals surface area contributed by atoms with Gasteiger partial charge < -0.3 is 15.2 Å². The Bertz CT molecular complexity index is 808. The molecule has 0 spiro atoms. The van der Waals surface area contributed by atoms with E-state index in [1.165, 1.54) is 5.56 Å². The van der Waals surface area contributed by atoms with E-state index in [9.17, 15) is 0 Å². The minimum Gasteiger partial charge on any atom is -0.488 e. The second-order valence-corrected chi connectivity index (χ2v) is 6.20. The molecular weight excluding hydrogens is 334 g/mol. The Morgan fingerprint density at radius 2 is 1.56 bits per heavy atom. The molecule has 4 heteroatoms. The number of para-hydroxylation sites is 2. The lowest BCUT2D eigenvalue weighted by Crippen LogP contribution is -2.30. The maximum atomic E-state index is 6.19. The number of nitrogens with two attached hydrogens (primary N) is 1. The van der Waals surface area contributed by atoms with E-state index >= 15 is 0 Å². The summed E-state index contributed by atoms with van der Waals surface area (Å²) in [7, 11) is 0. The van der Waals surface area contributed by atoms with Crippen molar-refractivity contribution in [2.45, 2.75) is 12.5 Å². The van der Waals surface area contributed by atoms with Crippen molar-refractivity contribution in [2.75, 3.05) is 6.61 Å². The molecule has 0 aromatic heterocycles. The molecule has 0 radical (unpaired) electrons. The van der Waals surface area contributed by atoms with Crippen molar-refractivity contribution in [3.8, 4) is 17.2 Å². The van der Waals surface area contributed by atoms with Crippen molar-refractivity contribution in [3.63, 3.8) is 0 Å². The zero-order valence-electron chi connectivity index (χ0n) is 13.8. The van der Waals surface area contributed by atoms with Gasteiger partial charge in [0.2, 0.25) is 0 Å². The van der Waals surface area contributed by atoms with E-state index in [1.54, 1.807) is 12.1 Å². The van der Waals surface area contributed by atoms with Crippen molar-refractivity contribution < 1.29 is 9.47 Å². The van der Waals surface area contributed by atoms with E-state index in [-0.39, 0.29) is 6.04 Å². The molecule has 0 saturated heterocycles. The monoisotopic (exact) mass is 353 g/mol. The number of hydrogen-bond donors (Lipinski definition) is 1. The third kappa shape index (κ3) is 5.24. The first kappa shape index (κ1) is 17.3. The average Bonchev–Trinajstić information content (AvgIpc) is 2.62. The number of hydrogen-bond acceptors (Lipinski definition) is 3. The minimum absolute atomic E-state index is 0.0957. The quantitative estimate of drug-likeness (QED) is 0.644. The first-order valence-electron chi connectivity index (χ1n) is 8.15. The topological polar surface area (TPSA) is 44.5 Å². The van der Waals surface area contributed by atoms with Crippen LogP contribution in [-0.2, 0) is 6.42 Å². The van der Waals surface area contributed by atoms with Gasteiger partial charge in [0.15, 0.2) is 11.5 Å². The van der Waals surface area contributed by atoms with Crippen LogP contribution < -0.4 is 15.2 Å². The molecule has 0 aliphatic carbocycles. The smallest absolute Gasteiger partial charge is 0.169 e. The van der Waals surface area contributed by atoms with Gasteiger partial charge in [-0.25, -0.2) is 0 Å². The third-order valence-corrected chi connectivity index (χ3v) is 3.90. The van der Waals surface area contributed by atoms with Crippen molar-refractivity contribution >= 4 is 11.6 Å². The molecule has 0 saturated carbocycles. The molecule has 128 valence electrons. The van der Waals surface area contributed by atoms with Crippen LogP contribution in [-0.4, -0.2) is 12.6 Å². The SMILES string of the molecule is N[C@H](COc1ccccc1Oc1cccc(Cl)c1)Cc1ccccc1. The lowest BCUT2D eigenvalue weighted by Gasteiger charge is -2.16. The summed E-state index contributed by atoms with van der Waals surface area (Å²) in [5.74, 6) is 1.96. The normalized spacial score (nSPS) is 11.8. The number of rotatable bonds is 7. The maximum Gasteiger partial charge on any atom is 0.169 e. The largest absolute Gasteiger partial charge is 0.488 e.